The number of piperidine rings is 1. The van der Waals surface area contributed by atoms with Gasteiger partial charge in [-0.05, 0) is 36.1 Å². The minimum absolute atomic E-state index is 0.174. The predicted molar refractivity (Wildman–Crippen MR) is 89.5 cm³/mol. The molecule has 0 spiro atoms. The number of hydrogen-bond acceptors (Lipinski definition) is 3. The van der Waals surface area contributed by atoms with Crippen molar-refractivity contribution in [2.24, 2.45) is 11.8 Å². The normalized spacial score (nSPS) is 20.6. The van der Waals surface area contributed by atoms with Gasteiger partial charge in [-0.3, -0.25) is 9.89 Å². The van der Waals surface area contributed by atoms with Crippen molar-refractivity contribution in [1.82, 2.24) is 15.1 Å². The second kappa shape index (κ2) is 6.74. The average molecular weight is 328 g/mol. The van der Waals surface area contributed by atoms with Crippen LogP contribution < -0.4 is 5.32 Å². The zero-order valence-electron chi connectivity index (χ0n) is 13.4. The molecule has 2 aromatic rings. The Morgan fingerprint density at radius 2 is 2.00 bits per heavy atom. The van der Waals surface area contributed by atoms with Crippen LogP contribution in [-0.4, -0.2) is 45.3 Å². The van der Waals surface area contributed by atoms with Crippen LogP contribution in [0.3, 0.4) is 0 Å². The number of urea groups is 1. The molecular weight excluding hydrogens is 308 g/mol. The fraction of sp³-hybridized carbons (Fsp3) is 0.353. The van der Waals surface area contributed by atoms with Crippen molar-refractivity contribution < 1.29 is 14.7 Å². The van der Waals surface area contributed by atoms with Crippen molar-refractivity contribution in [2.45, 2.75) is 13.3 Å². The summed E-state index contributed by atoms with van der Waals surface area (Å²) < 4.78 is 0. The summed E-state index contributed by atoms with van der Waals surface area (Å²) in [6.07, 6.45) is 2.29. The second-order valence-electron chi connectivity index (χ2n) is 6.26. The van der Waals surface area contributed by atoms with Crippen LogP contribution in [0.1, 0.15) is 13.3 Å². The van der Waals surface area contributed by atoms with Crippen molar-refractivity contribution in [2.75, 3.05) is 18.4 Å². The van der Waals surface area contributed by atoms with E-state index in [1.807, 2.05) is 37.3 Å². The van der Waals surface area contributed by atoms with E-state index in [-0.39, 0.29) is 18.5 Å². The number of carbonyl (C=O) groups is 2. The zero-order valence-corrected chi connectivity index (χ0v) is 13.4. The van der Waals surface area contributed by atoms with Crippen LogP contribution in [0.5, 0.6) is 0 Å². The van der Waals surface area contributed by atoms with Crippen molar-refractivity contribution in [3.63, 3.8) is 0 Å². The van der Waals surface area contributed by atoms with Crippen LogP contribution in [0.4, 0.5) is 10.5 Å². The number of hydrogen-bond donors (Lipinski definition) is 3. The lowest BCUT2D eigenvalue weighted by Crippen LogP contribution is -2.47. The fourth-order valence-electron chi connectivity index (χ4n) is 3.05. The molecule has 0 saturated carbocycles. The minimum atomic E-state index is -0.844. The number of carbonyl (C=O) groups excluding carboxylic acids is 1. The summed E-state index contributed by atoms with van der Waals surface area (Å²) in [4.78, 5) is 25.2. The number of amides is 2. The molecule has 7 heteroatoms. The van der Waals surface area contributed by atoms with Crippen molar-refractivity contribution in [3.05, 3.63) is 36.5 Å². The maximum Gasteiger partial charge on any atom is 0.321 e. The molecule has 0 aliphatic carbocycles. The smallest absolute Gasteiger partial charge is 0.321 e. The first-order valence-corrected chi connectivity index (χ1v) is 7.91. The molecule has 2 amide bonds. The van der Waals surface area contributed by atoms with Crippen LogP contribution in [0.15, 0.2) is 36.5 Å². The zero-order chi connectivity index (χ0) is 17.1. The molecule has 1 aliphatic rings. The Labute approximate surface area is 139 Å². The number of rotatable bonds is 3. The highest BCUT2D eigenvalue weighted by Crippen LogP contribution is 2.23. The van der Waals surface area contributed by atoms with Crippen LogP contribution in [0.25, 0.3) is 11.3 Å². The van der Waals surface area contributed by atoms with Gasteiger partial charge >= 0.3 is 12.0 Å². The van der Waals surface area contributed by atoms with E-state index in [0.29, 0.717) is 18.7 Å². The summed E-state index contributed by atoms with van der Waals surface area (Å²) in [6.45, 7) is 2.79. The number of nitrogens with one attached hydrogen (secondary N) is 2. The van der Waals surface area contributed by atoms with E-state index in [0.717, 1.165) is 11.3 Å². The molecule has 2 atom stereocenters. The molecule has 1 aliphatic heterocycles. The van der Waals surface area contributed by atoms with Gasteiger partial charge in [-0.1, -0.05) is 19.1 Å². The van der Waals surface area contributed by atoms with E-state index in [9.17, 15) is 14.7 Å². The highest BCUT2D eigenvalue weighted by atomic mass is 16.4. The lowest BCUT2D eigenvalue weighted by molar-refractivity contribution is -0.143. The molecule has 0 radical (unpaired) electrons. The van der Waals surface area contributed by atoms with Crippen LogP contribution >= 0.6 is 0 Å². The maximum atomic E-state index is 12.4. The Kier molecular flexibility index (Phi) is 4.50. The number of carboxylic acid groups (broad SMARTS) is 1. The molecule has 1 aromatic carbocycles. The molecule has 0 bridgehead atoms. The summed E-state index contributed by atoms with van der Waals surface area (Å²) in [5.41, 5.74) is 2.55. The van der Waals surface area contributed by atoms with Gasteiger partial charge in [-0.2, -0.15) is 5.10 Å². The standard InChI is InChI=1S/C17H20N4O3/c1-11-8-13(16(22)23)10-21(9-11)17(24)19-14-4-2-12(3-5-14)15-6-7-18-20-15/h2-7,11,13H,8-10H2,1H3,(H,18,20)(H,19,24)(H,22,23). The van der Waals surface area contributed by atoms with Crippen LogP contribution in [0, 0.1) is 11.8 Å². The highest BCUT2D eigenvalue weighted by molar-refractivity contribution is 5.90. The topological polar surface area (TPSA) is 98.3 Å². The molecule has 2 unspecified atom stereocenters. The van der Waals surface area contributed by atoms with Crippen molar-refractivity contribution in [1.29, 1.82) is 0 Å². The number of H-pyrrole nitrogens is 1. The number of benzene rings is 1. The lowest BCUT2D eigenvalue weighted by Gasteiger charge is -2.34. The van der Waals surface area contributed by atoms with Gasteiger partial charge in [0.15, 0.2) is 0 Å². The van der Waals surface area contributed by atoms with Crippen LogP contribution in [0.2, 0.25) is 0 Å². The summed E-state index contributed by atoms with van der Waals surface area (Å²) in [6, 6.07) is 9.02. The van der Waals surface area contributed by atoms with E-state index in [2.05, 4.69) is 15.5 Å². The Balaban J connectivity index is 1.65. The molecule has 1 aromatic heterocycles. The number of likely N-dealkylation sites (tertiary alicyclic amines) is 1. The number of nitrogens with zero attached hydrogens (tertiary/aromatic N) is 2. The van der Waals surface area contributed by atoms with Crippen molar-refractivity contribution >= 4 is 17.7 Å². The Hall–Kier alpha value is -2.83. The number of aromatic nitrogens is 2. The third kappa shape index (κ3) is 3.56. The first-order valence-electron chi connectivity index (χ1n) is 7.91. The van der Waals surface area contributed by atoms with Gasteiger partial charge in [0.25, 0.3) is 0 Å². The van der Waals surface area contributed by atoms with Gasteiger partial charge in [-0.25, -0.2) is 4.79 Å². The van der Waals surface area contributed by atoms with Gasteiger partial charge in [0, 0.05) is 25.0 Å². The molecule has 1 fully saturated rings. The highest BCUT2D eigenvalue weighted by Gasteiger charge is 2.31. The largest absolute Gasteiger partial charge is 0.481 e. The SMILES string of the molecule is CC1CC(C(=O)O)CN(C(=O)Nc2ccc(-c3ccn[nH]3)cc2)C1. The number of carboxylic acids is 1. The van der Waals surface area contributed by atoms with E-state index in [4.69, 9.17) is 0 Å². The van der Waals surface area contributed by atoms with Gasteiger partial charge in [0.05, 0.1) is 11.6 Å². The van der Waals surface area contributed by atoms with Gasteiger partial charge in [0.2, 0.25) is 0 Å². The summed E-state index contributed by atoms with van der Waals surface area (Å²) >= 11 is 0. The van der Waals surface area contributed by atoms with E-state index >= 15 is 0 Å². The molecule has 3 N–H and O–H groups in total. The fourth-order valence-corrected chi connectivity index (χ4v) is 3.05. The molecule has 1 saturated heterocycles. The monoisotopic (exact) mass is 328 g/mol. The molecule has 7 nitrogen and oxygen atoms in total. The summed E-state index contributed by atoms with van der Waals surface area (Å²) in [7, 11) is 0. The maximum absolute atomic E-state index is 12.4. The van der Waals surface area contributed by atoms with Crippen molar-refractivity contribution in [3.8, 4) is 11.3 Å². The Morgan fingerprint density at radius 1 is 1.25 bits per heavy atom. The van der Waals surface area contributed by atoms with Gasteiger partial charge in [0.1, 0.15) is 0 Å². The average Bonchev–Trinajstić information content (AvgIpc) is 3.09. The summed E-state index contributed by atoms with van der Waals surface area (Å²) in [5, 5.41) is 18.8. The predicted octanol–water partition coefficient (Wildman–Crippen LogP) is 2.65. The molecule has 24 heavy (non-hydrogen) atoms. The first-order chi connectivity index (χ1) is 11.5. The molecule has 3 rings (SSSR count). The van der Waals surface area contributed by atoms with Gasteiger partial charge in [-0.15, -0.1) is 0 Å². The number of aromatic amines is 1. The second-order valence-corrected chi connectivity index (χ2v) is 6.26. The van der Waals surface area contributed by atoms with E-state index in [1.54, 1.807) is 11.1 Å². The van der Waals surface area contributed by atoms with Crippen LogP contribution in [-0.2, 0) is 4.79 Å². The van der Waals surface area contributed by atoms with E-state index < -0.39 is 11.9 Å². The lowest BCUT2D eigenvalue weighted by atomic mass is 9.91. The third-order valence-corrected chi connectivity index (χ3v) is 4.24. The van der Waals surface area contributed by atoms with E-state index in [1.165, 1.54) is 0 Å². The van der Waals surface area contributed by atoms with Gasteiger partial charge < -0.3 is 15.3 Å². The number of anilines is 1. The summed E-state index contributed by atoms with van der Waals surface area (Å²) in [5.74, 6) is -1.17. The quantitative estimate of drug-likeness (QED) is 0.806. The number of aliphatic carboxylic acids is 1. The molecular formula is C17H20N4O3. The Morgan fingerprint density at radius 3 is 2.62 bits per heavy atom. The first kappa shape index (κ1) is 16.0. The third-order valence-electron chi connectivity index (χ3n) is 4.24. The Bertz CT molecular complexity index is 712. The molecule has 2 heterocycles. The minimum Gasteiger partial charge on any atom is -0.481 e. The molecule has 126 valence electrons.